The summed E-state index contributed by atoms with van der Waals surface area (Å²) in [5.41, 5.74) is 0. The molecule has 0 aromatic carbocycles. The molecule has 19 heteroatoms. The predicted molar refractivity (Wildman–Crippen MR) is 454 cm³/mol. The minimum Gasteiger partial charge on any atom is -0.462 e. The molecule has 0 spiro atoms. The van der Waals surface area contributed by atoms with Crippen LogP contribution in [-0.4, -0.2) is 96.7 Å². The second-order valence-corrected chi connectivity index (χ2v) is 30.2. The van der Waals surface area contributed by atoms with E-state index in [4.69, 9.17) is 37.0 Å². The Morgan fingerprint density at radius 3 is 0.791 bits per heavy atom. The number of hydrogen-bond acceptors (Lipinski definition) is 15. The van der Waals surface area contributed by atoms with Crippen molar-refractivity contribution < 1.29 is 80.2 Å². The minimum atomic E-state index is -5.01. The summed E-state index contributed by atoms with van der Waals surface area (Å²) < 4.78 is 68.7. The third kappa shape index (κ3) is 80.2. The monoisotopic (exact) mass is 1580 g/mol. The molecule has 0 aliphatic carbocycles. The Hall–Kier alpha value is -5.84. The SMILES string of the molecule is CC/C=C\C/C=C\C/C=C\C/C=C\C/C=C\C/C=C\CCC(=O)OCC(COP(=O)(O)OCC(O)COP(=O)(O)OCC(COC(=O)CCCCCC/C=C\C/C=C\C/C=C\C/C=C\CC)OC(=O)CCCCCCC/C=C\CCCCCCCC)OC(=O)CCCCCCCC/C=C\C/C=C\C/C=C\C/C=C\CC. The summed E-state index contributed by atoms with van der Waals surface area (Å²) in [7, 11) is -10.0. The number of carbonyl (C=O) groups is 4. The number of phosphoric acid groups is 2. The molecule has 3 N–H and O–H groups in total. The van der Waals surface area contributed by atoms with E-state index in [2.05, 4.69) is 192 Å². The van der Waals surface area contributed by atoms with Crippen molar-refractivity contribution in [2.24, 2.45) is 0 Å². The van der Waals surface area contributed by atoms with Crippen LogP contribution in [0.4, 0.5) is 0 Å². The molecule has 5 unspecified atom stereocenters. The van der Waals surface area contributed by atoms with Crippen molar-refractivity contribution in [1.29, 1.82) is 0 Å². The number of phosphoric ester groups is 2. The molecule has 17 nitrogen and oxygen atoms in total. The zero-order chi connectivity index (χ0) is 80.3. The number of ether oxygens (including phenoxy) is 4. The predicted octanol–water partition coefficient (Wildman–Crippen LogP) is 25.1. The second-order valence-electron chi connectivity index (χ2n) is 27.3. The van der Waals surface area contributed by atoms with Gasteiger partial charge in [0.2, 0.25) is 0 Å². The molecular weight excluding hydrogens is 1430 g/mol. The van der Waals surface area contributed by atoms with Crippen LogP contribution in [0.5, 0.6) is 0 Å². The van der Waals surface area contributed by atoms with Crippen molar-refractivity contribution >= 4 is 39.5 Å². The average Bonchev–Trinajstić information content (AvgIpc) is 0.900. The number of aliphatic hydroxyl groups excluding tert-OH is 1. The summed E-state index contributed by atoms with van der Waals surface area (Å²) in [4.78, 5) is 73.2. The molecule has 0 saturated carbocycles. The lowest BCUT2D eigenvalue weighted by molar-refractivity contribution is -0.161. The van der Waals surface area contributed by atoms with E-state index >= 15 is 0 Å². The van der Waals surface area contributed by atoms with Crippen molar-refractivity contribution in [2.45, 2.75) is 329 Å². The Balaban J connectivity index is 5.50. The fraction of sp³-hybridized carbons (Fsp3) is 0.626. The Bertz CT molecular complexity index is 2800. The topological polar surface area (TPSA) is 237 Å². The van der Waals surface area contributed by atoms with Crippen LogP contribution in [0.3, 0.4) is 0 Å². The first-order valence-corrected chi connectivity index (χ1v) is 45.0. The molecule has 0 radical (unpaired) electrons. The van der Waals surface area contributed by atoms with Gasteiger partial charge in [-0.3, -0.25) is 37.3 Å². The van der Waals surface area contributed by atoms with E-state index in [1.165, 1.54) is 38.5 Å². The van der Waals surface area contributed by atoms with Crippen molar-refractivity contribution in [3.8, 4) is 0 Å². The maximum absolute atomic E-state index is 13.1. The highest BCUT2D eigenvalue weighted by Crippen LogP contribution is 2.45. The molecule has 0 bridgehead atoms. The molecule has 0 aromatic heterocycles. The lowest BCUT2D eigenvalue weighted by Gasteiger charge is -2.21. The number of esters is 4. The fourth-order valence-corrected chi connectivity index (χ4v) is 12.2. The summed E-state index contributed by atoms with van der Waals surface area (Å²) in [5, 5.41) is 10.7. The number of hydrogen-bond donors (Lipinski definition) is 3. The highest BCUT2D eigenvalue weighted by Gasteiger charge is 2.30. The van der Waals surface area contributed by atoms with Crippen LogP contribution < -0.4 is 0 Å². The molecule has 5 atom stereocenters. The van der Waals surface area contributed by atoms with Crippen LogP contribution in [-0.2, 0) is 65.4 Å². The van der Waals surface area contributed by atoms with Gasteiger partial charge in [-0.25, -0.2) is 9.13 Å². The van der Waals surface area contributed by atoms with E-state index in [-0.39, 0.29) is 25.7 Å². The highest BCUT2D eigenvalue weighted by molar-refractivity contribution is 7.47. The van der Waals surface area contributed by atoms with Gasteiger partial charge in [-0.2, -0.15) is 0 Å². The zero-order valence-corrected chi connectivity index (χ0v) is 70.1. The molecule has 110 heavy (non-hydrogen) atoms. The van der Waals surface area contributed by atoms with E-state index in [0.717, 1.165) is 186 Å². The molecule has 0 aliphatic heterocycles. The van der Waals surface area contributed by atoms with Crippen molar-refractivity contribution in [3.05, 3.63) is 182 Å². The molecule has 0 saturated heterocycles. The van der Waals surface area contributed by atoms with Gasteiger partial charge in [0, 0.05) is 25.7 Å². The first-order chi connectivity index (χ1) is 53.7. The Morgan fingerprint density at radius 1 is 0.264 bits per heavy atom. The van der Waals surface area contributed by atoms with Crippen LogP contribution in [0, 0.1) is 0 Å². The summed E-state index contributed by atoms with van der Waals surface area (Å²) in [5.74, 6) is -2.33. The molecule has 0 fully saturated rings. The number of unbranched alkanes of at least 4 members (excludes halogenated alkanes) is 21. The first-order valence-electron chi connectivity index (χ1n) is 42.0. The number of aliphatic hydroxyl groups is 1. The van der Waals surface area contributed by atoms with Gasteiger partial charge in [0.15, 0.2) is 12.2 Å². The smallest absolute Gasteiger partial charge is 0.462 e. The normalized spacial score (nSPS) is 14.7. The standard InChI is InChI=1S/C91H148O17P2/c1-5-9-13-17-21-25-29-33-37-40-42-45-49-52-56-60-64-68-72-76-89(94)102-82-87(108-91(96)78-74-70-66-62-58-54-50-46-43-41-38-34-30-26-22-18-14-10-6-2)84-106-110(99,100)104-80-85(92)79-103-109(97,98)105-83-86(107-90(95)77-73-69-65-61-57-53-47-36-32-28-24-20-16-12-8-4)81-101-88(93)75-71-67-63-59-55-51-48-44-39-35-31-27-23-19-15-11-7-3/h9-11,13-15,21-23,25-27,33-39,42-43,45-48,51-52,56,64,68,85-87,92H,5-8,12,16-20,24,28-32,40-41,44,49-50,53-55,57-63,65-67,69-84H2,1-4H3,(H,97,98)(H,99,100)/b13-9-,14-10-,15-11-,25-21-,26-22-,27-23-,37-33-,38-34-,39-35-,45-42-,46-43-,47-36-,51-48-,56-52-,68-64-. The van der Waals surface area contributed by atoms with Gasteiger partial charge in [-0.1, -0.05) is 300 Å². The number of rotatable bonds is 77. The Kier molecular flexibility index (Phi) is 76.9. The zero-order valence-electron chi connectivity index (χ0n) is 68.4. The quantitative estimate of drug-likeness (QED) is 0.0169. The third-order valence-corrected chi connectivity index (χ3v) is 18.8. The van der Waals surface area contributed by atoms with Gasteiger partial charge in [-0.15, -0.1) is 0 Å². The van der Waals surface area contributed by atoms with E-state index < -0.39 is 97.5 Å². The molecule has 0 rings (SSSR count). The van der Waals surface area contributed by atoms with Crippen molar-refractivity contribution in [3.63, 3.8) is 0 Å². The molecule has 0 amide bonds. The number of allylic oxidation sites excluding steroid dienone is 30. The van der Waals surface area contributed by atoms with E-state index in [1.807, 2.05) is 18.2 Å². The second kappa shape index (κ2) is 81.2. The largest absolute Gasteiger partial charge is 0.472 e. The average molecular weight is 1580 g/mol. The lowest BCUT2D eigenvalue weighted by atomic mass is 10.1. The van der Waals surface area contributed by atoms with Gasteiger partial charge in [0.05, 0.1) is 26.4 Å². The molecule has 624 valence electrons. The van der Waals surface area contributed by atoms with Gasteiger partial charge < -0.3 is 33.8 Å². The maximum atomic E-state index is 13.1. The summed E-state index contributed by atoms with van der Waals surface area (Å²) >= 11 is 0. The maximum Gasteiger partial charge on any atom is 0.472 e. The molecule has 0 aliphatic rings. The summed E-state index contributed by atoms with van der Waals surface area (Å²) in [6, 6.07) is 0. The van der Waals surface area contributed by atoms with Crippen molar-refractivity contribution in [1.82, 2.24) is 0 Å². The van der Waals surface area contributed by atoms with Crippen LogP contribution in [0.1, 0.15) is 310 Å². The molecular formula is C91H148O17P2. The Labute approximate surface area is 666 Å². The highest BCUT2D eigenvalue weighted by atomic mass is 31.2. The van der Waals surface area contributed by atoms with Gasteiger partial charge in [0.1, 0.15) is 19.3 Å². The lowest BCUT2D eigenvalue weighted by Crippen LogP contribution is -2.30. The van der Waals surface area contributed by atoms with Crippen LogP contribution in [0.15, 0.2) is 182 Å². The van der Waals surface area contributed by atoms with Gasteiger partial charge in [-0.05, 0) is 167 Å². The van der Waals surface area contributed by atoms with E-state index in [1.54, 1.807) is 0 Å². The fourth-order valence-electron chi connectivity index (χ4n) is 10.6. The molecule has 0 heterocycles. The first kappa shape index (κ1) is 104. The van der Waals surface area contributed by atoms with Crippen molar-refractivity contribution in [2.75, 3.05) is 39.6 Å². The summed E-state index contributed by atoms with van der Waals surface area (Å²) in [6.07, 6.45) is 98.7. The molecule has 0 aromatic rings. The van der Waals surface area contributed by atoms with Crippen LogP contribution in [0.25, 0.3) is 0 Å². The van der Waals surface area contributed by atoms with Gasteiger partial charge in [0.25, 0.3) is 0 Å². The van der Waals surface area contributed by atoms with Crippen LogP contribution >= 0.6 is 15.6 Å². The number of carbonyl (C=O) groups excluding carboxylic acids is 4. The third-order valence-electron chi connectivity index (χ3n) is 16.9. The minimum absolute atomic E-state index is 0.0256. The van der Waals surface area contributed by atoms with Crippen LogP contribution in [0.2, 0.25) is 0 Å². The summed E-state index contributed by atoms with van der Waals surface area (Å²) in [6.45, 7) is 4.40. The van der Waals surface area contributed by atoms with Gasteiger partial charge >= 0.3 is 39.5 Å². The Morgan fingerprint density at radius 2 is 0.491 bits per heavy atom. The van der Waals surface area contributed by atoms with E-state index in [9.17, 15) is 43.2 Å². The van der Waals surface area contributed by atoms with E-state index in [0.29, 0.717) is 32.1 Å².